The predicted octanol–water partition coefficient (Wildman–Crippen LogP) is 4.28. The average Bonchev–Trinajstić information content (AvgIpc) is 3.23. The molecule has 0 atom stereocenters. The molecule has 0 aliphatic rings. The summed E-state index contributed by atoms with van der Waals surface area (Å²) in [7, 11) is 0. The van der Waals surface area contributed by atoms with Gasteiger partial charge < -0.3 is 4.57 Å². The maximum atomic E-state index is 12.5. The van der Waals surface area contributed by atoms with Gasteiger partial charge in [0.1, 0.15) is 11.0 Å². The minimum absolute atomic E-state index is 0.318. The van der Waals surface area contributed by atoms with E-state index in [1.165, 1.54) is 6.21 Å². The summed E-state index contributed by atoms with van der Waals surface area (Å²) in [6, 6.07) is 15.0. The largest absolute Gasteiger partial charge is 0.329 e. The summed E-state index contributed by atoms with van der Waals surface area (Å²) in [5.74, 6) is 0.602. The molecule has 2 aromatic heterocycles. The van der Waals surface area contributed by atoms with E-state index in [-0.39, 0.29) is 5.91 Å². The van der Waals surface area contributed by atoms with E-state index in [0.717, 1.165) is 29.1 Å². The molecule has 7 nitrogen and oxygen atoms in total. The third kappa shape index (κ3) is 3.59. The van der Waals surface area contributed by atoms with Gasteiger partial charge in [-0.1, -0.05) is 29.8 Å². The molecule has 152 valence electrons. The van der Waals surface area contributed by atoms with E-state index >= 15 is 0 Å². The van der Waals surface area contributed by atoms with Crippen LogP contribution in [0.3, 0.4) is 0 Å². The van der Waals surface area contributed by atoms with Gasteiger partial charge in [0, 0.05) is 12.1 Å². The molecule has 2 heterocycles. The van der Waals surface area contributed by atoms with Crippen LogP contribution in [0.2, 0.25) is 5.15 Å². The molecule has 4 rings (SSSR count). The molecule has 0 saturated carbocycles. The molecule has 1 N–H and O–H groups in total. The quantitative estimate of drug-likeness (QED) is 0.386. The summed E-state index contributed by atoms with van der Waals surface area (Å²) in [6.45, 7) is 6.69. The second-order valence-corrected chi connectivity index (χ2v) is 7.20. The lowest BCUT2D eigenvalue weighted by Gasteiger charge is -2.03. The predicted molar refractivity (Wildman–Crippen MR) is 119 cm³/mol. The molecule has 0 unspecified atom stereocenters. The fourth-order valence-electron chi connectivity index (χ4n) is 3.41. The lowest BCUT2D eigenvalue weighted by molar-refractivity contribution is 0.0955. The molecule has 0 spiro atoms. The molecule has 0 aliphatic heterocycles. The monoisotopic (exact) mass is 420 g/mol. The Morgan fingerprint density at radius 2 is 1.97 bits per heavy atom. The maximum absolute atomic E-state index is 12.5. The Kier molecular flexibility index (Phi) is 5.37. The van der Waals surface area contributed by atoms with E-state index in [1.54, 1.807) is 16.8 Å². The summed E-state index contributed by atoms with van der Waals surface area (Å²) >= 11 is 6.48. The standard InChI is InChI=1S/C22H21ClN6O/c1-4-28-15(3)25-19-12-16(10-11-20(19)28)22(30)26-24-13-18-14(2)27-29(21(18)23)17-8-6-5-7-9-17/h5-13H,4H2,1-3H3,(H,26,30)/b24-13+. The Bertz CT molecular complexity index is 1260. The Labute approximate surface area is 179 Å². The van der Waals surface area contributed by atoms with Crippen LogP contribution in [0.5, 0.6) is 0 Å². The van der Waals surface area contributed by atoms with Gasteiger partial charge in [-0.25, -0.2) is 15.1 Å². The number of nitrogens with zero attached hydrogens (tertiary/aromatic N) is 5. The number of imidazole rings is 1. The maximum Gasteiger partial charge on any atom is 0.271 e. The summed E-state index contributed by atoms with van der Waals surface area (Å²) in [5.41, 5.74) is 7.04. The number of carbonyl (C=O) groups excluding carboxylic acids is 1. The third-order valence-corrected chi connectivity index (χ3v) is 5.29. The molecule has 2 aromatic carbocycles. The highest BCUT2D eigenvalue weighted by Gasteiger charge is 2.14. The van der Waals surface area contributed by atoms with E-state index in [2.05, 4.69) is 32.1 Å². The molecule has 8 heteroatoms. The van der Waals surface area contributed by atoms with Crippen molar-refractivity contribution >= 4 is 34.8 Å². The molecule has 1 amide bonds. The molecular formula is C22H21ClN6O. The number of aryl methyl sites for hydroxylation is 3. The first kappa shape index (κ1) is 19.8. The van der Waals surface area contributed by atoms with Crippen molar-refractivity contribution in [3.63, 3.8) is 0 Å². The van der Waals surface area contributed by atoms with E-state index in [0.29, 0.717) is 22.0 Å². The second kappa shape index (κ2) is 8.12. The first-order valence-corrected chi connectivity index (χ1v) is 9.98. The van der Waals surface area contributed by atoms with E-state index < -0.39 is 0 Å². The van der Waals surface area contributed by atoms with Crippen LogP contribution < -0.4 is 5.43 Å². The fraction of sp³-hybridized carbons (Fsp3) is 0.182. The lowest BCUT2D eigenvalue weighted by atomic mass is 10.2. The van der Waals surface area contributed by atoms with Crippen molar-refractivity contribution in [3.05, 3.63) is 76.3 Å². The second-order valence-electron chi connectivity index (χ2n) is 6.84. The summed E-state index contributed by atoms with van der Waals surface area (Å²) in [6.07, 6.45) is 1.51. The van der Waals surface area contributed by atoms with Crippen LogP contribution >= 0.6 is 11.6 Å². The number of hydrogen-bond acceptors (Lipinski definition) is 4. The zero-order valence-corrected chi connectivity index (χ0v) is 17.7. The minimum Gasteiger partial charge on any atom is -0.329 e. The van der Waals surface area contributed by atoms with Gasteiger partial charge in [0.25, 0.3) is 5.91 Å². The van der Waals surface area contributed by atoms with Crippen molar-refractivity contribution in [2.75, 3.05) is 0 Å². The lowest BCUT2D eigenvalue weighted by Crippen LogP contribution is -2.17. The Balaban J connectivity index is 1.53. The first-order valence-electron chi connectivity index (χ1n) is 9.60. The van der Waals surface area contributed by atoms with Crippen molar-refractivity contribution in [3.8, 4) is 5.69 Å². The highest BCUT2D eigenvalue weighted by atomic mass is 35.5. The number of amides is 1. The van der Waals surface area contributed by atoms with Crippen LogP contribution in [-0.4, -0.2) is 31.5 Å². The van der Waals surface area contributed by atoms with Crippen molar-refractivity contribution in [2.24, 2.45) is 5.10 Å². The minimum atomic E-state index is -0.318. The Morgan fingerprint density at radius 3 is 2.70 bits per heavy atom. The molecule has 0 fully saturated rings. The van der Waals surface area contributed by atoms with Crippen LogP contribution in [-0.2, 0) is 6.54 Å². The SMILES string of the molecule is CCn1c(C)nc2cc(C(=O)N/N=C/c3c(C)nn(-c4ccccc4)c3Cl)ccc21. The molecular weight excluding hydrogens is 400 g/mol. The summed E-state index contributed by atoms with van der Waals surface area (Å²) in [5, 5.41) is 8.97. The smallest absolute Gasteiger partial charge is 0.271 e. The van der Waals surface area contributed by atoms with E-state index in [4.69, 9.17) is 11.6 Å². The number of rotatable bonds is 5. The zero-order chi connectivity index (χ0) is 21.3. The van der Waals surface area contributed by atoms with Crippen LogP contribution in [0.25, 0.3) is 16.7 Å². The van der Waals surface area contributed by atoms with Gasteiger partial charge in [-0.3, -0.25) is 4.79 Å². The van der Waals surface area contributed by atoms with E-state index in [1.807, 2.05) is 50.2 Å². The number of benzene rings is 2. The van der Waals surface area contributed by atoms with Gasteiger partial charge in [-0.15, -0.1) is 0 Å². The number of fused-ring (bicyclic) bond motifs is 1. The fourth-order valence-corrected chi connectivity index (χ4v) is 3.73. The Morgan fingerprint density at radius 1 is 1.20 bits per heavy atom. The van der Waals surface area contributed by atoms with Crippen LogP contribution in [0.4, 0.5) is 0 Å². The molecule has 30 heavy (non-hydrogen) atoms. The van der Waals surface area contributed by atoms with Crippen LogP contribution in [0.15, 0.2) is 53.6 Å². The molecule has 0 saturated heterocycles. The van der Waals surface area contributed by atoms with Crippen molar-refractivity contribution < 1.29 is 4.79 Å². The summed E-state index contributed by atoms with van der Waals surface area (Å²) < 4.78 is 3.74. The zero-order valence-electron chi connectivity index (χ0n) is 16.9. The van der Waals surface area contributed by atoms with Crippen molar-refractivity contribution in [1.82, 2.24) is 24.8 Å². The number of carbonyl (C=O) groups is 1. The number of hydrogen-bond donors (Lipinski definition) is 1. The number of nitrogens with one attached hydrogen (secondary N) is 1. The first-order chi connectivity index (χ1) is 14.5. The van der Waals surface area contributed by atoms with Gasteiger partial charge in [-0.05, 0) is 51.1 Å². The highest BCUT2D eigenvalue weighted by Crippen LogP contribution is 2.22. The van der Waals surface area contributed by atoms with Crippen molar-refractivity contribution in [1.29, 1.82) is 0 Å². The van der Waals surface area contributed by atoms with E-state index in [9.17, 15) is 4.79 Å². The number of halogens is 1. The molecule has 4 aromatic rings. The van der Waals surface area contributed by atoms with Gasteiger partial charge in [0.05, 0.1) is 34.2 Å². The Hall–Kier alpha value is -3.45. The van der Waals surface area contributed by atoms with Gasteiger partial charge in [0.2, 0.25) is 0 Å². The molecule has 0 aliphatic carbocycles. The van der Waals surface area contributed by atoms with Crippen molar-refractivity contribution in [2.45, 2.75) is 27.3 Å². The highest BCUT2D eigenvalue weighted by molar-refractivity contribution is 6.32. The number of hydrazone groups is 1. The average molecular weight is 421 g/mol. The third-order valence-electron chi connectivity index (χ3n) is 4.93. The molecule has 0 radical (unpaired) electrons. The summed E-state index contributed by atoms with van der Waals surface area (Å²) in [4.78, 5) is 17.0. The number of aromatic nitrogens is 4. The van der Waals surface area contributed by atoms with Crippen LogP contribution in [0.1, 0.15) is 34.4 Å². The van der Waals surface area contributed by atoms with Gasteiger partial charge in [-0.2, -0.15) is 10.2 Å². The topological polar surface area (TPSA) is 77.1 Å². The van der Waals surface area contributed by atoms with Crippen LogP contribution in [0, 0.1) is 13.8 Å². The molecule has 0 bridgehead atoms. The normalized spacial score (nSPS) is 11.5. The van der Waals surface area contributed by atoms with Gasteiger partial charge >= 0.3 is 0 Å². The number of para-hydroxylation sites is 1. The van der Waals surface area contributed by atoms with Gasteiger partial charge in [0.15, 0.2) is 0 Å².